The van der Waals surface area contributed by atoms with Crippen molar-refractivity contribution in [2.24, 2.45) is 17.6 Å². The highest BCUT2D eigenvalue weighted by Gasteiger charge is 2.37. The lowest BCUT2D eigenvalue weighted by molar-refractivity contribution is -0.128. The van der Waals surface area contributed by atoms with Crippen LogP contribution in [0.3, 0.4) is 0 Å². The maximum atomic E-state index is 12.7. The van der Waals surface area contributed by atoms with Gasteiger partial charge in [0.2, 0.25) is 0 Å². The summed E-state index contributed by atoms with van der Waals surface area (Å²) in [5, 5.41) is 0. The van der Waals surface area contributed by atoms with Crippen molar-refractivity contribution >= 4 is 11.6 Å². The van der Waals surface area contributed by atoms with Crippen molar-refractivity contribution in [1.29, 1.82) is 0 Å². The van der Waals surface area contributed by atoms with E-state index in [-0.39, 0.29) is 17.9 Å². The van der Waals surface area contributed by atoms with Crippen molar-refractivity contribution < 1.29 is 9.53 Å². The summed E-state index contributed by atoms with van der Waals surface area (Å²) < 4.78 is 5.93. The molecule has 1 fully saturated rings. The maximum Gasteiger partial charge on any atom is 0.268 e. The zero-order valence-electron chi connectivity index (χ0n) is 13.3. The zero-order valence-corrected chi connectivity index (χ0v) is 13.3. The highest BCUT2D eigenvalue weighted by atomic mass is 16.5. The molecule has 1 aromatic rings. The molecule has 1 saturated carbocycles. The van der Waals surface area contributed by atoms with Gasteiger partial charge in [-0.2, -0.15) is 0 Å². The van der Waals surface area contributed by atoms with Gasteiger partial charge < -0.3 is 15.4 Å². The van der Waals surface area contributed by atoms with E-state index in [0.717, 1.165) is 17.0 Å². The van der Waals surface area contributed by atoms with Gasteiger partial charge in [0.25, 0.3) is 5.91 Å². The number of nitrogens with zero attached hydrogens (tertiary/aromatic N) is 1. The van der Waals surface area contributed by atoms with Crippen molar-refractivity contribution in [2.45, 2.75) is 38.8 Å². The topological polar surface area (TPSA) is 55.6 Å². The third-order valence-corrected chi connectivity index (χ3v) is 4.47. The first-order valence-electron chi connectivity index (χ1n) is 8.01. The van der Waals surface area contributed by atoms with Crippen molar-refractivity contribution in [3.63, 3.8) is 0 Å². The van der Waals surface area contributed by atoms with Crippen LogP contribution < -0.4 is 15.4 Å². The molecule has 3 rings (SSSR count). The fraction of sp³-hybridized carbons (Fsp3) is 0.500. The summed E-state index contributed by atoms with van der Waals surface area (Å²) in [7, 11) is 0. The lowest BCUT2D eigenvalue weighted by Crippen LogP contribution is -2.48. The molecule has 2 unspecified atom stereocenters. The summed E-state index contributed by atoms with van der Waals surface area (Å²) in [4.78, 5) is 14.4. The van der Waals surface area contributed by atoms with E-state index in [1.54, 1.807) is 11.0 Å². The molecule has 2 atom stereocenters. The Bertz CT molecular complexity index is 593. The number of ether oxygens (including phenoxy) is 1. The molecule has 1 aliphatic heterocycles. The number of carbonyl (C=O) groups excluding carboxylic acids is 1. The SMILES string of the molecule is C=CCN1C(=O)C(C(C)C)Oc2ccc(C(N)C3CC3)cc21. The highest BCUT2D eigenvalue weighted by molar-refractivity contribution is 6.00. The van der Waals surface area contributed by atoms with Crippen LogP contribution in [0.1, 0.15) is 38.3 Å². The van der Waals surface area contributed by atoms with Crippen LogP contribution in [0.25, 0.3) is 0 Å². The molecular weight excluding hydrogens is 276 g/mol. The highest BCUT2D eigenvalue weighted by Crippen LogP contribution is 2.43. The Morgan fingerprint density at radius 1 is 1.45 bits per heavy atom. The van der Waals surface area contributed by atoms with E-state index >= 15 is 0 Å². The van der Waals surface area contributed by atoms with Crippen LogP contribution in [-0.4, -0.2) is 18.6 Å². The molecule has 0 spiro atoms. The Morgan fingerprint density at radius 3 is 2.77 bits per heavy atom. The zero-order chi connectivity index (χ0) is 15.9. The van der Waals surface area contributed by atoms with E-state index in [4.69, 9.17) is 10.5 Å². The normalized spacial score (nSPS) is 22.3. The summed E-state index contributed by atoms with van der Waals surface area (Å²) >= 11 is 0. The Labute approximate surface area is 131 Å². The average molecular weight is 300 g/mol. The fourth-order valence-electron chi connectivity index (χ4n) is 2.98. The number of hydrogen-bond acceptors (Lipinski definition) is 3. The predicted octanol–water partition coefficient (Wildman–Crippen LogP) is 3.03. The smallest absolute Gasteiger partial charge is 0.268 e. The first-order valence-corrected chi connectivity index (χ1v) is 8.01. The molecule has 0 saturated heterocycles. The Hall–Kier alpha value is -1.81. The number of fused-ring (bicyclic) bond motifs is 1. The van der Waals surface area contributed by atoms with E-state index in [0.29, 0.717) is 12.5 Å². The van der Waals surface area contributed by atoms with Crippen LogP contribution in [0.5, 0.6) is 5.75 Å². The van der Waals surface area contributed by atoms with E-state index in [9.17, 15) is 4.79 Å². The first-order chi connectivity index (χ1) is 10.5. The number of anilines is 1. The Morgan fingerprint density at radius 2 is 2.18 bits per heavy atom. The van der Waals surface area contributed by atoms with Crippen molar-refractivity contribution in [2.75, 3.05) is 11.4 Å². The molecule has 22 heavy (non-hydrogen) atoms. The van der Waals surface area contributed by atoms with Gasteiger partial charge in [0.1, 0.15) is 5.75 Å². The Balaban J connectivity index is 1.98. The van der Waals surface area contributed by atoms with E-state index in [1.807, 2.05) is 32.0 Å². The number of benzene rings is 1. The minimum Gasteiger partial charge on any atom is -0.478 e. The average Bonchev–Trinajstić information content (AvgIpc) is 3.33. The molecule has 1 heterocycles. The number of amides is 1. The first kappa shape index (κ1) is 15.1. The van der Waals surface area contributed by atoms with Crippen LogP contribution >= 0.6 is 0 Å². The molecule has 1 amide bonds. The molecule has 2 N–H and O–H groups in total. The van der Waals surface area contributed by atoms with Crippen LogP contribution in [0.4, 0.5) is 5.69 Å². The summed E-state index contributed by atoms with van der Waals surface area (Å²) in [6.07, 6.45) is 3.70. The maximum absolute atomic E-state index is 12.7. The third-order valence-electron chi connectivity index (χ3n) is 4.47. The summed E-state index contributed by atoms with van der Waals surface area (Å²) in [6.45, 7) is 8.25. The second kappa shape index (κ2) is 5.76. The van der Waals surface area contributed by atoms with E-state index in [1.165, 1.54) is 12.8 Å². The second-order valence-corrected chi connectivity index (χ2v) is 6.61. The summed E-state index contributed by atoms with van der Waals surface area (Å²) in [5.74, 6) is 1.46. The molecular formula is C18H24N2O2. The molecule has 0 radical (unpaired) electrons. The number of rotatable bonds is 5. The molecule has 0 aromatic heterocycles. The number of nitrogens with two attached hydrogens (primary N) is 1. The molecule has 4 nitrogen and oxygen atoms in total. The van der Waals surface area contributed by atoms with E-state index in [2.05, 4.69) is 6.58 Å². The standard InChI is InChI=1S/C18H24N2O2/c1-4-9-20-14-10-13(16(19)12-5-6-12)7-8-15(14)22-17(11(2)3)18(20)21/h4,7-8,10-12,16-17H,1,5-6,9,19H2,2-3H3. The van der Waals surface area contributed by atoms with Gasteiger partial charge in [0, 0.05) is 12.6 Å². The van der Waals surface area contributed by atoms with Gasteiger partial charge in [-0.05, 0) is 42.4 Å². The van der Waals surface area contributed by atoms with Gasteiger partial charge in [-0.25, -0.2) is 0 Å². The van der Waals surface area contributed by atoms with Crippen LogP contribution in [0, 0.1) is 11.8 Å². The van der Waals surface area contributed by atoms with Crippen molar-refractivity contribution in [3.8, 4) is 5.75 Å². The fourth-order valence-corrected chi connectivity index (χ4v) is 2.98. The van der Waals surface area contributed by atoms with Crippen LogP contribution in [0.15, 0.2) is 30.9 Å². The Kier molecular flexibility index (Phi) is 3.96. The van der Waals surface area contributed by atoms with Crippen molar-refractivity contribution in [3.05, 3.63) is 36.4 Å². The number of carbonyl (C=O) groups is 1. The van der Waals surface area contributed by atoms with Gasteiger partial charge >= 0.3 is 0 Å². The number of hydrogen-bond donors (Lipinski definition) is 1. The molecule has 0 bridgehead atoms. The van der Waals surface area contributed by atoms with Gasteiger partial charge in [-0.3, -0.25) is 4.79 Å². The van der Waals surface area contributed by atoms with Gasteiger partial charge in [-0.15, -0.1) is 6.58 Å². The largest absolute Gasteiger partial charge is 0.478 e. The minimum atomic E-state index is -0.435. The van der Waals surface area contributed by atoms with Gasteiger partial charge in [0.05, 0.1) is 5.69 Å². The summed E-state index contributed by atoms with van der Waals surface area (Å²) in [6, 6.07) is 6.04. The summed E-state index contributed by atoms with van der Waals surface area (Å²) in [5.41, 5.74) is 8.19. The predicted molar refractivity (Wildman–Crippen MR) is 87.9 cm³/mol. The quantitative estimate of drug-likeness (QED) is 0.850. The molecule has 118 valence electrons. The second-order valence-electron chi connectivity index (χ2n) is 6.61. The lowest BCUT2D eigenvalue weighted by Gasteiger charge is -2.36. The van der Waals surface area contributed by atoms with Crippen molar-refractivity contribution in [1.82, 2.24) is 0 Å². The van der Waals surface area contributed by atoms with E-state index < -0.39 is 6.10 Å². The minimum absolute atomic E-state index is 0.000423. The van der Waals surface area contributed by atoms with Gasteiger partial charge in [0.15, 0.2) is 6.10 Å². The molecule has 2 aliphatic rings. The molecule has 1 aromatic carbocycles. The molecule has 4 heteroatoms. The van der Waals surface area contributed by atoms with Crippen LogP contribution in [0.2, 0.25) is 0 Å². The lowest BCUT2D eigenvalue weighted by atomic mass is 9.99. The van der Waals surface area contributed by atoms with Gasteiger partial charge in [-0.1, -0.05) is 26.0 Å². The van der Waals surface area contributed by atoms with Crippen LogP contribution in [-0.2, 0) is 4.79 Å². The monoisotopic (exact) mass is 300 g/mol. The molecule has 1 aliphatic carbocycles. The third kappa shape index (κ3) is 2.63.